The van der Waals surface area contributed by atoms with Crippen LogP contribution in [0.2, 0.25) is 0 Å². The zero-order valence-electron chi connectivity index (χ0n) is 19.1. The lowest BCUT2D eigenvalue weighted by Crippen LogP contribution is -2.34. The summed E-state index contributed by atoms with van der Waals surface area (Å²) in [5.41, 5.74) is 3.73. The molecule has 2 aliphatic rings. The third kappa shape index (κ3) is 3.41. The molecular formula is C26H25FN6O. The van der Waals surface area contributed by atoms with Gasteiger partial charge in [-0.3, -0.25) is 9.20 Å². The molecular weight excluding hydrogens is 431 g/mol. The van der Waals surface area contributed by atoms with Gasteiger partial charge < -0.3 is 9.80 Å². The van der Waals surface area contributed by atoms with E-state index in [1.54, 1.807) is 22.6 Å². The van der Waals surface area contributed by atoms with Gasteiger partial charge in [-0.05, 0) is 44.2 Å². The van der Waals surface area contributed by atoms with Crippen LogP contribution in [0.3, 0.4) is 0 Å². The van der Waals surface area contributed by atoms with E-state index in [0.29, 0.717) is 47.5 Å². The van der Waals surface area contributed by atoms with Crippen LogP contribution in [0.1, 0.15) is 21.9 Å². The fraction of sp³-hybridized carbons (Fsp3) is 0.308. The lowest BCUT2D eigenvalue weighted by molar-refractivity contribution is 0.0778. The van der Waals surface area contributed by atoms with E-state index in [0.717, 1.165) is 30.4 Å². The molecule has 2 saturated heterocycles. The molecule has 0 spiro atoms. The second-order valence-corrected chi connectivity index (χ2v) is 9.30. The third-order valence-electron chi connectivity index (χ3n) is 6.89. The van der Waals surface area contributed by atoms with Crippen molar-refractivity contribution >= 4 is 17.5 Å². The van der Waals surface area contributed by atoms with Crippen LogP contribution in [0, 0.1) is 31.5 Å². The number of hydrogen-bond acceptors (Lipinski definition) is 5. The minimum Gasteiger partial charge on any atom is -0.340 e. The van der Waals surface area contributed by atoms with Crippen LogP contribution in [-0.4, -0.2) is 56.3 Å². The van der Waals surface area contributed by atoms with Crippen molar-refractivity contribution in [2.45, 2.75) is 13.8 Å². The molecule has 2 unspecified atom stereocenters. The second-order valence-electron chi connectivity index (χ2n) is 9.30. The Kier molecular flexibility index (Phi) is 4.83. The van der Waals surface area contributed by atoms with Gasteiger partial charge in [-0.15, -0.1) is 0 Å². The van der Waals surface area contributed by atoms with E-state index in [4.69, 9.17) is 0 Å². The molecule has 1 amide bonds. The van der Waals surface area contributed by atoms with Crippen LogP contribution in [-0.2, 0) is 0 Å². The number of aryl methyl sites for hydroxylation is 2. The number of carbonyl (C=O) groups excluding carboxylic acids is 1. The molecule has 0 N–H and O–H groups in total. The van der Waals surface area contributed by atoms with E-state index >= 15 is 0 Å². The number of hydrogen-bond donors (Lipinski definition) is 0. The summed E-state index contributed by atoms with van der Waals surface area (Å²) < 4.78 is 16.6. The average Bonchev–Trinajstić information content (AvgIpc) is 3.50. The number of pyridine rings is 1. The molecule has 8 heteroatoms. The van der Waals surface area contributed by atoms with E-state index in [1.165, 1.54) is 6.07 Å². The van der Waals surface area contributed by atoms with Crippen LogP contribution in [0.15, 0.2) is 54.7 Å². The van der Waals surface area contributed by atoms with Crippen LogP contribution < -0.4 is 4.90 Å². The number of anilines is 1. The first-order valence-corrected chi connectivity index (χ1v) is 11.6. The summed E-state index contributed by atoms with van der Waals surface area (Å²) in [5.74, 6) is 0.951. The smallest absolute Gasteiger partial charge is 0.274 e. The Morgan fingerprint density at radius 3 is 2.29 bits per heavy atom. The number of halogens is 1. The fourth-order valence-corrected chi connectivity index (χ4v) is 5.38. The summed E-state index contributed by atoms with van der Waals surface area (Å²) in [4.78, 5) is 31.6. The van der Waals surface area contributed by atoms with Gasteiger partial charge in [-0.2, -0.15) is 0 Å². The Morgan fingerprint density at radius 2 is 1.59 bits per heavy atom. The minimum atomic E-state index is -0.371. The SMILES string of the molecule is Cc1cc(C)nc(N2CC3CN(C(=O)c4nc5ccccn5c4-c4ccccc4F)CC3C2)n1. The fourth-order valence-electron chi connectivity index (χ4n) is 5.38. The number of rotatable bonds is 3. The van der Waals surface area contributed by atoms with Crippen LogP contribution in [0.5, 0.6) is 0 Å². The number of imidazole rings is 1. The maximum Gasteiger partial charge on any atom is 0.274 e. The van der Waals surface area contributed by atoms with Crippen molar-refractivity contribution in [2.24, 2.45) is 11.8 Å². The first-order chi connectivity index (χ1) is 16.5. The molecule has 0 aliphatic carbocycles. The van der Waals surface area contributed by atoms with Gasteiger partial charge in [-0.1, -0.05) is 18.2 Å². The summed E-state index contributed by atoms with van der Waals surface area (Å²) in [6, 6.07) is 14.1. The number of fused-ring (bicyclic) bond motifs is 2. The van der Waals surface area contributed by atoms with Crippen molar-refractivity contribution in [3.05, 3.63) is 77.6 Å². The van der Waals surface area contributed by atoms with E-state index in [1.807, 2.05) is 49.2 Å². The summed E-state index contributed by atoms with van der Waals surface area (Å²) in [6.45, 7) is 6.91. The summed E-state index contributed by atoms with van der Waals surface area (Å²) >= 11 is 0. The Bertz CT molecular complexity index is 1380. The quantitative estimate of drug-likeness (QED) is 0.470. The molecule has 1 aromatic carbocycles. The van der Waals surface area contributed by atoms with Crippen molar-refractivity contribution in [1.29, 1.82) is 0 Å². The van der Waals surface area contributed by atoms with Crippen molar-refractivity contribution in [3.63, 3.8) is 0 Å². The largest absolute Gasteiger partial charge is 0.340 e. The Morgan fingerprint density at radius 1 is 0.912 bits per heavy atom. The van der Waals surface area contributed by atoms with Gasteiger partial charge >= 0.3 is 0 Å². The normalized spacial score (nSPS) is 19.7. The zero-order chi connectivity index (χ0) is 23.4. The summed E-state index contributed by atoms with van der Waals surface area (Å²) in [5, 5.41) is 0. The van der Waals surface area contributed by atoms with Gasteiger partial charge in [0.2, 0.25) is 5.95 Å². The molecule has 34 heavy (non-hydrogen) atoms. The van der Waals surface area contributed by atoms with Gasteiger partial charge in [0.15, 0.2) is 5.69 Å². The molecule has 2 atom stereocenters. The van der Waals surface area contributed by atoms with E-state index in [-0.39, 0.29) is 11.7 Å². The maximum atomic E-state index is 14.8. The Balaban J connectivity index is 1.28. The van der Waals surface area contributed by atoms with Crippen molar-refractivity contribution < 1.29 is 9.18 Å². The second kappa shape index (κ2) is 7.90. The lowest BCUT2D eigenvalue weighted by Gasteiger charge is -2.22. The number of benzene rings is 1. The molecule has 6 rings (SSSR count). The third-order valence-corrected chi connectivity index (χ3v) is 6.89. The van der Waals surface area contributed by atoms with Crippen molar-refractivity contribution in [3.8, 4) is 11.3 Å². The van der Waals surface area contributed by atoms with E-state index < -0.39 is 0 Å². The van der Waals surface area contributed by atoms with E-state index in [9.17, 15) is 9.18 Å². The van der Waals surface area contributed by atoms with Gasteiger partial charge in [0.25, 0.3) is 5.91 Å². The predicted molar refractivity (Wildman–Crippen MR) is 127 cm³/mol. The topological polar surface area (TPSA) is 66.6 Å². The highest BCUT2D eigenvalue weighted by Gasteiger charge is 2.43. The molecule has 2 aliphatic heterocycles. The molecule has 0 saturated carbocycles. The van der Waals surface area contributed by atoms with Gasteiger partial charge in [0, 0.05) is 61.2 Å². The summed E-state index contributed by atoms with van der Waals surface area (Å²) in [6.07, 6.45) is 1.82. The maximum absolute atomic E-state index is 14.8. The predicted octanol–water partition coefficient (Wildman–Crippen LogP) is 3.76. The standard InChI is InChI=1S/C26H25FN6O/c1-16-11-17(2)29-26(28-16)32-14-18-12-31(13-19(18)15-32)25(34)23-24(20-7-3-4-8-21(20)27)33-10-6-5-9-22(33)30-23/h3-11,18-19H,12-15H2,1-2H3. The first-order valence-electron chi connectivity index (χ1n) is 11.6. The number of aromatic nitrogens is 4. The van der Waals surface area contributed by atoms with E-state index in [2.05, 4.69) is 19.9 Å². The lowest BCUT2D eigenvalue weighted by atomic mass is 10.0. The van der Waals surface area contributed by atoms with Gasteiger partial charge in [-0.25, -0.2) is 19.3 Å². The monoisotopic (exact) mass is 456 g/mol. The first kappa shape index (κ1) is 20.8. The molecule has 2 fully saturated rings. The number of carbonyl (C=O) groups is 1. The van der Waals surface area contributed by atoms with Crippen molar-refractivity contribution in [2.75, 3.05) is 31.1 Å². The van der Waals surface area contributed by atoms with Gasteiger partial charge in [0.1, 0.15) is 11.5 Å². The van der Waals surface area contributed by atoms with Crippen molar-refractivity contribution in [1.82, 2.24) is 24.3 Å². The number of likely N-dealkylation sites (tertiary alicyclic amines) is 1. The van der Waals surface area contributed by atoms with Crippen LogP contribution >= 0.6 is 0 Å². The molecule has 0 radical (unpaired) electrons. The van der Waals surface area contributed by atoms with Gasteiger partial charge in [0.05, 0.1) is 5.69 Å². The Labute approximate surface area is 196 Å². The molecule has 0 bridgehead atoms. The van der Waals surface area contributed by atoms with Crippen LogP contribution in [0.4, 0.5) is 10.3 Å². The molecule has 7 nitrogen and oxygen atoms in total. The average molecular weight is 457 g/mol. The summed E-state index contributed by atoms with van der Waals surface area (Å²) in [7, 11) is 0. The molecule has 3 aromatic heterocycles. The highest BCUT2D eigenvalue weighted by molar-refractivity contribution is 5.99. The molecule has 5 heterocycles. The molecule has 172 valence electrons. The zero-order valence-corrected chi connectivity index (χ0v) is 19.1. The highest BCUT2D eigenvalue weighted by atomic mass is 19.1. The highest BCUT2D eigenvalue weighted by Crippen LogP contribution is 2.35. The Hall–Kier alpha value is -3.81. The minimum absolute atomic E-state index is 0.148. The number of amides is 1. The number of nitrogens with zero attached hydrogens (tertiary/aromatic N) is 6. The molecule has 4 aromatic rings. The van der Waals surface area contributed by atoms with Crippen LogP contribution in [0.25, 0.3) is 16.9 Å².